The van der Waals surface area contributed by atoms with Gasteiger partial charge in [-0.05, 0) is 19.4 Å². The van der Waals surface area contributed by atoms with Crippen LogP contribution in [0.4, 0.5) is 5.82 Å². The maximum Gasteiger partial charge on any atom is 0.133 e. The van der Waals surface area contributed by atoms with Gasteiger partial charge in [0.2, 0.25) is 0 Å². The quantitative estimate of drug-likeness (QED) is 0.876. The minimum absolute atomic E-state index is 0.274. The van der Waals surface area contributed by atoms with Gasteiger partial charge in [-0.25, -0.2) is 9.97 Å². The average Bonchev–Trinajstić information content (AvgIpc) is 2.33. The van der Waals surface area contributed by atoms with Gasteiger partial charge in [0.15, 0.2) is 0 Å². The van der Waals surface area contributed by atoms with Crippen molar-refractivity contribution in [2.75, 3.05) is 5.73 Å². The highest BCUT2D eigenvalue weighted by atomic mass is 15.0. The lowest BCUT2D eigenvalue weighted by molar-refractivity contribution is 0.776. The van der Waals surface area contributed by atoms with Crippen LogP contribution >= 0.6 is 0 Å². The van der Waals surface area contributed by atoms with Crippen LogP contribution < -0.4 is 5.73 Å². The average molecular weight is 241 g/mol. The monoisotopic (exact) mass is 241 g/mol. The van der Waals surface area contributed by atoms with Crippen LogP contribution in [0.2, 0.25) is 0 Å². The topological polar surface area (TPSA) is 51.8 Å². The van der Waals surface area contributed by atoms with Crippen molar-refractivity contribution < 1.29 is 0 Å². The van der Waals surface area contributed by atoms with Crippen LogP contribution in [0.25, 0.3) is 11.3 Å². The van der Waals surface area contributed by atoms with Crippen molar-refractivity contribution in [1.82, 2.24) is 9.97 Å². The first-order valence-electron chi connectivity index (χ1n) is 6.20. The molecule has 18 heavy (non-hydrogen) atoms. The standard InChI is InChI=1S/C15H19N3/c1-9(2)15-17-13(11(4)14(16)18-15)12-8-6-5-7-10(12)3/h5-9H,1-4H3,(H2,16,17,18). The Bertz CT molecular complexity index is 574. The summed E-state index contributed by atoms with van der Waals surface area (Å²) in [6.45, 7) is 8.21. The van der Waals surface area contributed by atoms with Gasteiger partial charge in [-0.3, -0.25) is 0 Å². The third kappa shape index (κ3) is 2.21. The fourth-order valence-corrected chi connectivity index (χ4v) is 1.91. The predicted molar refractivity (Wildman–Crippen MR) is 75.4 cm³/mol. The number of aryl methyl sites for hydroxylation is 1. The van der Waals surface area contributed by atoms with Crippen LogP contribution in [-0.4, -0.2) is 9.97 Å². The number of anilines is 1. The lowest BCUT2D eigenvalue weighted by Gasteiger charge is -2.13. The summed E-state index contributed by atoms with van der Waals surface area (Å²) in [5.41, 5.74) is 10.2. The molecule has 0 fully saturated rings. The second-order valence-electron chi connectivity index (χ2n) is 4.91. The lowest BCUT2D eigenvalue weighted by Crippen LogP contribution is -2.06. The van der Waals surface area contributed by atoms with Crippen molar-refractivity contribution >= 4 is 5.82 Å². The van der Waals surface area contributed by atoms with Gasteiger partial charge in [-0.15, -0.1) is 0 Å². The molecule has 0 saturated heterocycles. The van der Waals surface area contributed by atoms with E-state index >= 15 is 0 Å². The molecule has 2 N–H and O–H groups in total. The van der Waals surface area contributed by atoms with Gasteiger partial charge in [-0.1, -0.05) is 38.1 Å². The zero-order chi connectivity index (χ0) is 13.3. The molecule has 0 aliphatic rings. The Kier molecular flexibility index (Phi) is 3.32. The van der Waals surface area contributed by atoms with Crippen molar-refractivity contribution in [3.05, 3.63) is 41.2 Å². The number of benzene rings is 1. The molecule has 0 radical (unpaired) electrons. The van der Waals surface area contributed by atoms with E-state index in [1.54, 1.807) is 0 Å². The molecule has 0 spiro atoms. The van der Waals surface area contributed by atoms with Crippen molar-refractivity contribution in [2.24, 2.45) is 0 Å². The van der Waals surface area contributed by atoms with Gasteiger partial charge in [0.25, 0.3) is 0 Å². The fourth-order valence-electron chi connectivity index (χ4n) is 1.91. The highest BCUT2D eigenvalue weighted by Crippen LogP contribution is 2.28. The van der Waals surface area contributed by atoms with Gasteiger partial charge in [0, 0.05) is 17.0 Å². The lowest BCUT2D eigenvalue weighted by atomic mass is 10.0. The molecular formula is C15H19N3. The second kappa shape index (κ2) is 4.77. The molecular weight excluding hydrogens is 222 g/mol. The molecule has 0 amide bonds. The van der Waals surface area contributed by atoms with Crippen molar-refractivity contribution in [2.45, 2.75) is 33.6 Å². The summed E-state index contributed by atoms with van der Waals surface area (Å²) >= 11 is 0. The molecule has 0 aliphatic heterocycles. The number of nitrogens with two attached hydrogens (primary N) is 1. The summed E-state index contributed by atoms with van der Waals surface area (Å²) in [5.74, 6) is 1.65. The van der Waals surface area contributed by atoms with Crippen LogP contribution in [0.3, 0.4) is 0 Å². The fraction of sp³-hybridized carbons (Fsp3) is 0.333. The van der Waals surface area contributed by atoms with Gasteiger partial charge in [0.05, 0.1) is 5.69 Å². The summed E-state index contributed by atoms with van der Waals surface area (Å²) in [7, 11) is 0. The van der Waals surface area contributed by atoms with Gasteiger partial charge in [0.1, 0.15) is 11.6 Å². The molecule has 1 aromatic carbocycles. The second-order valence-corrected chi connectivity index (χ2v) is 4.91. The number of nitrogens with zero attached hydrogens (tertiary/aromatic N) is 2. The molecule has 0 bridgehead atoms. The maximum atomic E-state index is 6.00. The summed E-state index contributed by atoms with van der Waals surface area (Å²) in [6, 6.07) is 8.22. The number of rotatable bonds is 2. The highest BCUT2D eigenvalue weighted by Gasteiger charge is 2.13. The van der Waals surface area contributed by atoms with E-state index < -0.39 is 0 Å². The van der Waals surface area contributed by atoms with E-state index in [1.807, 2.05) is 19.1 Å². The molecule has 0 unspecified atom stereocenters. The minimum Gasteiger partial charge on any atom is -0.383 e. The Labute approximate surface area is 108 Å². The molecule has 0 atom stereocenters. The van der Waals surface area contributed by atoms with Crippen LogP contribution in [0.5, 0.6) is 0 Å². The first kappa shape index (κ1) is 12.6. The summed E-state index contributed by atoms with van der Waals surface area (Å²) < 4.78 is 0. The molecule has 0 aliphatic carbocycles. The molecule has 1 aromatic heterocycles. The number of hydrogen-bond acceptors (Lipinski definition) is 3. The van der Waals surface area contributed by atoms with Gasteiger partial charge in [-0.2, -0.15) is 0 Å². The molecule has 0 saturated carbocycles. The third-order valence-electron chi connectivity index (χ3n) is 3.12. The predicted octanol–water partition coefficient (Wildman–Crippen LogP) is 3.47. The molecule has 1 heterocycles. The van der Waals surface area contributed by atoms with E-state index in [0.29, 0.717) is 5.82 Å². The van der Waals surface area contributed by atoms with Crippen molar-refractivity contribution in [3.8, 4) is 11.3 Å². The molecule has 3 nitrogen and oxygen atoms in total. The number of aromatic nitrogens is 2. The smallest absolute Gasteiger partial charge is 0.133 e. The molecule has 2 rings (SSSR count). The van der Waals surface area contributed by atoms with E-state index in [-0.39, 0.29) is 5.92 Å². The van der Waals surface area contributed by atoms with E-state index in [1.165, 1.54) is 5.56 Å². The summed E-state index contributed by atoms with van der Waals surface area (Å²) in [5, 5.41) is 0. The molecule has 3 heteroatoms. The van der Waals surface area contributed by atoms with E-state index in [2.05, 4.69) is 42.9 Å². The number of nitrogen functional groups attached to an aromatic ring is 1. The van der Waals surface area contributed by atoms with Crippen LogP contribution in [0.1, 0.15) is 36.7 Å². The third-order valence-corrected chi connectivity index (χ3v) is 3.12. The van der Waals surface area contributed by atoms with Gasteiger partial charge >= 0.3 is 0 Å². The summed E-state index contributed by atoms with van der Waals surface area (Å²) in [4.78, 5) is 9.03. The number of hydrogen-bond donors (Lipinski definition) is 1. The van der Waals surface area contributed by atoms with Crippen LogP contribution in [-0.2, 0) is 0 Å². The SMILES string of the molecule is Cc1ccccc1-c1nc(C(C)C)nc(N)c1C. The summed E-state index contributed by atoms with van der Waals surface area (Å²) in [6.07, 6.45) is 0. The zero-order valence-corrected chi connectivity index (χ0v) is 11.4. The largest absolute Gasteiger partial charge is 0.383 e. The zero-order valence-electron chi connectivity index (χ0n) is 11.4. The molecule has 2 aromatic rings. The maximum absolute atomic E-state index is 6.00. The first-order valence-corrected chi connectivity index (χ1v) is 6.20. The van der Waals surface area contributed by atoms with Crippen LogP contribution in [0.15, 0.2) is 24.3 Å². The van der Waals surface area contributed by atoms with Crippen LogP contribution in [0, 0.1) is 13.8 Å². The Hall–Kier alpha value is -1.90. The van der Waals surface area contributed by atoms with E-state index in [0.717, 1.165) is 22.6 Å². The van der Waals surface area contributed by atoms with Crippen molar-refractivity contribution in [1.29, 1.82) is 0 Å². The van der Waals surface area contributed by atoms with Crippen molar-refractivity contribution in [3.63, 3.8) is 0 Å². The Morgan fingerprint density at radius 2 is 1.72 bits per heavy atom. The normalized spacial score (nSPS) is 10.9. The Balaban J connectivity index is 2.67. The highest BCUT2D eigenvalue weighted by molar-refractivity contribution is 5.70. The Morgan fingerprint density at radius 3 is 2.33 bits per heavy atom. The van der Waals surface area contributed by atoms with Gasteiger partial charge < -0.3 is 5.73 Å². The minimum atomic E-state index is 0.274. The first-order chi connectivity index (χ1) is 8.50. The molecule has 94 valence electrons. The van der Waals surface area contributed by atoms with E-state index in [9.17, 15) is 0 Å². The van der Waals surface area contributed by atoms with E-state index in [4.69, 9.17) is 5.73 Å². The Morgan fingerprint density at radius 1 is 1.06 bits per heavy atom.